The summed E-state index contributed by atoms with van der Waals surface area (Å²) in [6, 6.07) is 14.5. The lowest BCUT2D eigenvalue weighted by Crippen LogP contribution is -2.61. The number of likely N-dealkylation sites (N-methyl/N-ethyl adjacent to an activating group) is 1. The standard InChI is InChI=1S/C24H23N3O4/c1-2-25-14-22(28)27-13-21-18(11-20(27)23(25)29)17-5-3-4-6-19(17)26(21)12-15-7-9-16(10-8-15)24(30)31/h3-10,20H,2,11-14H2,1H3,(H,30,31). The maximum Gasteiger partial charge on any atom is 0.335 e. The highest BCUT2D eigenvalue weighted by Gasteiger charge is 2.43. The molecule has 3 aromatic rings. The molecule has 0 saturated carbocycles. The molecule has 5 rings (SSSR count). The van der Waals surface area contributed by atoms with Crippen LogP contribution in [0.15, 0.2) is 48.5 Å². The quantitative estimate of drug-likeness (QED) is 0.707. The number of hydrogen-bond donors (Lipinski definition) is 1. The van der Waals surface area contributed by atoms with Crippen molar-refractivity contribution in [2.75, 3.05) is 13.1 Å². The van der Waals surface area contributed by atoms with E-state index in [0.717, 1.165) is 27.7 Å². The average Bonchev–Trinajstić information content (AvgIpc) is 3.08. The molecule has 2 amide bonds. The van der Waals surface area contributed by atoms with Gasteiger partial charge in [-0.2, -0.15) is 0 Å². The van der Waals surface area contributed by atoms with Gasteiger partial charge in [-0.3, -0.25) is 9.59 Å². The van der Waals surface area contributed by atoms with Crippen LogP contribution in [0.1, 0.15) is 34.1 Å². The van der Waals surface area contributed by atoms with E-state index in [1.54, 1.807) is 21.9 Å². The number of carbonyl (C=O) groups is 3. The number of hydrogen-bond acceptors (Lipinski definition) is 3. The molecular weight excluding hydrogens is 394 g/mol. The van der Waals surface area contributed by atoms with Crippen molar-refractivity contribution in [1.29, 1.82) is 0 Å². The van der Waals surface area contributed by atoms with Gasteiger partial charge in [0, 0.05) is 36.1 Å². The first-order valence-electron chi connectivity index (χ1n) is 10.5. The normalized spacial score (nSPS) is 18.3. The molecule has 7 heteroatoms. The third-order valence-corrected chi connectivity index (χ3v) is 6.45. The predicted molar refractivity (Wildman–Crippen MR) is 115 cm³/mol. The summed E-state index contributed by atoms with van der Waals surface area (Å²) >= 11 is 0. The van der Waals surface area contributed by atoms with Crippen LogP contribution in [0.2, 0.25) is 0 Å². The Morgan fingerprint density at radius 1 is 1.06 bits per heavy atom. The van der Waals surface area contributed by atoms with Crippen LogP contribution in [0, 0.1) is 0 Å². The fraction of sp³-hybridized carbons (Fsp3) is 0.292. The average molecular weight is 417 g/mol. The number of fused-ring (bicyclic) bond motifs is 4. The van der Waals surface area contributed by atoms with Gasteiger partial charge in [0.25, 0.3) is 0 Å². The Hall–Kier alpha value is -3.61. The summed E-state index contributed by atoms with van der Waals surface area (Å²) in [4.78, 5) is 40.3. The van der Waals surface area contributed by atoms with Gasteiger partial charge in [0.15, 0.2) is 0 Å². The number of piperazine rings is 1. The molecule has 0 bridgehead atoms. The third-order valence-electron chi connectivity index (χ3n) is 6.45. The second-order valence-corrected chi connectivity index (χ2v) is 8.12. The van der Waals surface area contributed by atoms with Crippen molar-refractivity contribution in [2.45, 2.75) is 32.5 Å². The molecule has 158 valence electrons. The smallest absolute Gasteiger partial charge is 0.335 e. The Morgan fingerprint density at radius 2 is 1.81 bits per heavy atom. The summed E-state index contributed by atoms with van der Waals surface area (Å²) in [6.45, 7) is 3.55. The van der Waals surface area contributed by atoms with Gasteiger partial charge in [-0.05, 0) is 36.2 Å². The van der Waals surface area contributed by atoms with Crippen LogP contribution in [0.25, 0.3) is 10.9 Å². The fourth-order valence-electron chi connectivity index (χ4n) is 4.82. The second kappa shape index (κ2) is 7.27. The number of para-hydroxylation sites is 1. The van der Waals surface area contributed by atoms with Crippen molar-refractivity contribution >= 4 is 28.7 Å². The predicted octanol–water partition coefficient (Wildman–Crippen LogP) is 2.50. The van der Waals surface area contributed by atoms with Gasteiger partial charge in [0.2, 0.25) is 11.8 Å². The molecule has 2 aliphatic heterocycles. The minimum atomic E-state index is -0.948. The van der Waals surface area contributed by atoms with Gasteiger partial charge in [-0.1, -0.05) is 30.3 Å². The number of rotatable bonds is 4. The van der Waals surface area contributed by atoms with Gasteiger partial charge in [0.1, 0.15) is 6.04 Å². The largest absolute Gasteiger partial charge is 0.478 e. The monoisotopic (exact) mass is 417 g/mol. The Bertz CT molecular complexity index is 1210. The number of nitrogens with zero attached hydrogens (tertiary/aromatic N) is 3. The lowest BCUT2D eigenvalue weighted by molar-refractivity contribution is -0.157. The molecule has 1 saturated heterocycles. The van der Waals surface area contributed by atoms with E-state index < -0.39 is 12.0 Å². The lowest BCUT2D eigenvalue weighted by atomic mass is 9.94. The molecule has 7 nitrogen and oxygen atoms in total. The SMILES string of the molecule is CCN1CC(=O)N2Cc3c(c4ccccc4n3Cc3ccc(C(=O)O)cc3)CC2C1=O. The van der Waals surface area contributed by atoms with Gasteiger partial charge >= 0.3 is 5.97 Å². The summed E-state index contributed by atoms with van der Waals surface area (Å²) in [7, 11) is 0. The Balaban J connectivity index is 1.58. The van der Waals surface area contributed by atoms with E-state index in [-0.39, 0.29) is 23.9 Å². The van der Waals surface area contributed by atoms with Crippen molar-refractivity contribution < 1.29 is 19.5 Å². The van der Waals surface area contributed by atoms with Crippen LogP contribution >= 0.6 is 0 Å². The minimum Gasteiger partial charge on any atom is -0.478 e. The van der Waals surface area contributed by atoms with E-state index in [2.05, 4.69) is 16.7 Å². The van der Waals surface area contributed by atoms with Crippen LogP contribution in [0.5, 0.6) is 0 Å². The number of carbonyl (C=O) groups excluding carboxylic acids is 2. The van der Waals surface area contributed by atoms with Gasteiger partial charge in [-0.25, -0.2) is 4.79 Å². The topological polar surface area (TPSA) is 82.8 Å². The molecule has 2 aliphatic rings. The van der Waals surface area contributed by atoms with E-state index >= 15 is 0 Å². The molecule has 0 aliphatic carbocycles. The maximum absolute atomic E-state index is 12.9. The first-order valence-corrected chi connectivity index (χ1v) is 10.5. The van der Waals surface area contributed by atoms with Gasteiger partial charge < -0.3 is 19.5 Å². The number of benzene rings is 2. The minimum absolute atomic E-state index is 0.0142. The van der Waals surface area contributed by atoms with Crippen LogP contribution in [0.4, 0.5) is 0 Å². The third kappa shape index (κ3) is 3.08. The molecular formula is C24H23N3O4. The van der Waals surface area contributed by atoms with Crippen LogP contribution in [-0.4, -0.2) is 56.4 Å². The van der Waals surface area contributed by atoms with E-state index in [4.69, 9.17) is 5.11 Å². The van der Waals surface area contributed by atoms with Crippen LogP contribution in [0.3, 0.4) is 0 Å². The lowest BCUT2D eigenvalue weighted by Gasteiger charge is -2.42. The zero-order valence-corrected chi connectivity index (χ0v) is 17.2. The molecule has 2 aromatic carbocycles. The zero-order chi connectivity index (χ0) is 21.7. The summed E-state index contributed by atoms with van der Waals surface area (Å²) < 4.78 is 2.20. The first-order chi connectivity index (χ1) is 15.0. The van der Waals surface area contributed by atoms with Gasteiger partial charge in [-0.15, -0.1) is 0 Å². The van der Waals surface area contributed by atoms with Crippen molar-refractivity contribution in [3.05, 3.63) is 70.9 Å². The zero-order valence-electron chi connectivity index (χ0n) is 17.2. The van der Waals surface area contributed by atoms with E-state index in [9.17, 15) is 14.4 Å². The summed E-state index contributed by atoms with van der Waals surface area (Å²) in [6.07, 6.45) is 0.516. The highest BCUT2D eigenvalue weighted by molar-refractivity contribution is 5.97. The Labute approximate surface area is 179 Å². The van der Waals surface area contributed by atoms with Crippen molar-refractivity contribution in [1.82, 2.24) is 14.4 Å². The van der Waals surface area contributed by atoms with Gasteiger partial charge in [0.05, 0.1) is 18.7 Å². The van der Waals surface area contributed by atoms with Crippen LogP contribution < -0.4 is 0 Å². The molecule has 31 heavy (non-hydrogen) atoms. The molecule has 0 spiro atoms. The molecule has 1 fully saturated rings. The number of carboxylic acids is 1. The number of amides is 2. The molecule has 0 radical (unpaired) electrons. The van der Waals surface area contributed by atoms with Crippen molar-refractivity contribution in [2.24, 2.45) is 0 Å². The Morgan fingerprint density at radius 3 is 2.52 bits per heavy atom. The van der Waals surface area contributed by atoms with Crippen molar-refractivity contribution in [3.63, 3.8) is 0 Å². The highest BCUT2D eigenvalue weighted by Crippen LogP contribution is 2.35. The fourth-order valence-corrected chi connectivity index (χ4v) is 4.82. The number of carboxylic acid groups (broad SMARTS) is 1. The highest BCUT2D eigenvalue weighted by atomic mass is 16.4. The molecule has 1 unspecified atom stereocenters. The summed E-state index contributed by atoms with van der Waals surface area (Å²) in [5, 5.41) is 10.3. The molecule has 1 aromatic heterocycles. The molecule has 1 atom stereocenters. The Kier molecular flexibility index (Phi) is 4.54. The number of aromatic carboxylic acids is 1. The van der Waals surface area contributed by atoms with Crippen LogP contribution in [-0.2, 0) is 29.1 Å². The first kappa shape index (κ1) is 19.4. The van der Waals surface area contributed by atoms with E-state index in [0.29, 0.717) is 26.1 Å². The van der Waals surface area contributed by atoms with E-state index in [1.807, 2.05) is 31.2 Å². The summed E-state index contributed by atoms with van der Waals surface area (Å²) in [5.74, 6) is -0.940. The second-order valence-electron chi connectivity index (χ2n) is 8.12. The number of aromatic nitrogens is 1. The van der Waals surface area contributed by atoms with E-state index in [1.165, 1.54) is 0 Å². The van der Waals surface area contributed by atoms with Crippen molar-refractivity contribution in [3.8, 4) is 0 Å². The molecule has 1 N–H and O–H groups in total. The molecule has 3 heterocycles. The maximum atomic E-state index is 12.9. The summed E-state index contributed by atoms with van der Waals surface area (Å²) in [5.41, 5.74) is 4.46.